The maximum Gasteiger partial charge on any atom is 0.270 e. The molecule has 0 spiro atoms. The highest BCUT2D eigenvalue weighted by atomic mass is 127. The van der Waals surface area contributed by atoms with Crippen LogP contribution < -0.4 is 10.1 Å². The number of hydrogen-bond acceptors (Lipinski definition) is 4. The highest BCUT2D eigenvalue weighted by molar-refractivity contribution is 14.1. The number of non-ortho nitro benzene ring substituents is 1. The Morgan fingerprint density at radius 3 is 2.64 bits per heavy atom. The maximum absolute atomic E-state index is 12.3. The summed E-state index contributed by atoms with van der Waals surface area (Å²) >= 11 is 7.79. The molecule has 0 aliphatic carbocycles. The first-order valence-corrected chi connectivity index (χ1v) is 7.47. The van der Waals surface area contributed by atoms with Gasteiger partial charge < -0.3 is 10.1 Å². The molecule has 6 nitrogen and oxygen atoms in total. The van der Waals surface area contributed by atoms with Crippen molar-refractivity contribution in [1.82, 2.24) is 0 Å². The van der Waals surface area contributed by atoms with Crippen LogP contribution >= 0.6 is 34.2 Å². The molecular formula is C14H10ClIN2O4. The molecule has 0 aliphatic rings. The third-order valence-corrected chi connectivity index (χ3v) is 3.95. The molecule has 0 radical (unpaired) electrons. The van der Waals surface area contributed by atoms with E-state index in [0.29, 0.717) is 25.6 Å². The molecular weight excluding hydrogens is 423 g/mol. The summed E-state index contributed by atoms with van der Waals surface area (Å²) < 4.78 is 5.63. The fourth-order valence-corrected chi connectivity index (χ4v) is 2.69. The van der Waals surface area contributed by atoms with E-state index in [4.69, 9.17) is 16.3 Å². The zero-order valence-electron chi connectivity index (χ0n) is 11.3. The van der Waals surface area contributed by atoms with Crippen molar-refractivity contribution >= 4 is 51.5 Å². The summed E-state index contributed by atoms with van der Waals surface area (Å²) in [6, 6.07) is 8.88. The van der Waals surface area contributed by atoms with Crippen molar-refractivity contribution in [1.29, 1.82) is 0 Å². The summed E-state index contributed by atoms with van der Waals surface area (Å²) in [5.74, 6) is 0.0644. The number of carbonyl (C=O) groups is 1. The van der Waals surface area contributed by atoms with Crippen LogP contribution in [0.5, 0.6) is 5.75 Å². The zero-order valence-corrected chi connectivity index (χ0v) is 14.2. The van der Waals surface area contributed by atoms with Crippen molar-refractivity contribution in [3.05, 3.63) is 60.7 Å². The SMILES string of the molecule is COc1ccc(Cl)cc1NC(=O)c1ccc([N+](=O)[O-])cc1I. The summed E-state index contributed by atoms with van der Waals surface area (Å²) in [6.07, 6.45) is 0. The molecule has 22 heavy (non-hydrogen) atoms. The Balaban J connectivity index is 2.30. The van der Waals surface area contributed by atoms with Crippen molar-refractivity contribution in [3.8, 4) is 5.75 Å². The first-order chi connectivity index (χ1) is 10.4. The Bertz CT molecular complexity index is 752. The molecule has 0 aliphatic heterocycles. The number of benzene rings is 2. The van der Waals surface area contributed by atoms with E-state index in [-0.39, 0.29) is 5.69 Å². The number of amides is 1. The molecule has 8 heteroatoms. The lowest BCUT2D eigenvalue weighted by Gasteiger charge is -2.11. The van der Waals surface area contributed by atoms with Gasteiger partial charge in [-0.05, 0) is 46.9 Å². The number of anilines is 1. The molecule has 0 unspecified atom stereocenters. The van der Waals surface area contributed by atoms with Crippen LogP contribution in [0.25, 0.3) is 0 Å². The van der Waals surface area contributed by atoms with Gasteiger partial charge in [0.1, 0.15) is 5.75 Å². The molecule has 2 aromatic rings. The second kappa shape index (κ2) is 6.93. The molecule has 0 saturated heterocycles. The largest absolute Gasteiger partial charge is 0.495 e. The van der Waals surface area contributed by atoms with E-state index in [1.165, 1.54) is 25.3 Å². The topological polar surface area (TPSA) is 81.5 Å². The minimum atomic E-state index is -0.510. The predicted octanol–water partition coefficient (Wildman–Crippen LogP) is 4.11. The van der Waals surface area contributed by atoms with Crippen molar-refractivity contribution < 1.29 is 14.5 Å². The van der Waals surface area contributed by atoms with Gasteiger partial charge in [0.25, 0.3) is 11.6 Å². The second-order valence-corrected chi connectivity index (χ2v) is 5.82. The Labute approximate surface area is 144 Å². The number of halogens is 2. The lowest BCUT2D eigenvalue weighted by atomic mass is 10.2. The fraction of sp³-hybridized carbons (Fsp3) is 0.0714. The lowest BCUT2D eigenvalue weighted by Crippen LogP contribution is -2.14. The summed E-state index contributed by atoms with van der Waals surface area (Å²) in [6.45, 7) is 0. The van der Waals surface area contributed by atoms with Gasteiger partial charge in [-0.1, -0.05) is 11.6 Å². The number of hydrogen-bond donors (Lipinski definition) is 1. The van der Waals surface area contributed by atoms with E-state index in [2.05, 4.69) is 5.32 Å². The number of nitrogens with zero attached hydrogens (tertiary/aromatic N) is 1. The van der Waals surface area contributed by atoms with E-state index < -0.39 is 10.8 Å². The first kappa shape index (κ1) is 16.5. The highest BCUT2D eigenvalue weighted by Gasteiger charge is 2.16. The zero-order chi connectivity index (χ0) is 16.3. The minimum Gasteiger partial charge on any atom is -0.495 e. The standard InChI is InChI=1S/C14H10ClIN2O4/c1-22-13-5-2-8(15)6-12(13)17-14(19)10-4-3-9(18(20)21)7-11(10)16/h2-7H,1H3,(H,17,19). The third kappa shape index (κ3) is 3.66. The molecule has 0 bridgehead atoms. The number of carbonyl (C=O) groups excluding carboxylic acids is 1. The smallest absolute Gasteiger partial charge is 0.270 e. The van der Waals surface area contributed by atoms with E-state index in [9.17, 15) is 14.9 Å². The van der Waals surface area contributed by atoms with Crippen LogP contribution in [0.1, 0.15) is 10.4 Å². The molecule has 2 rings (SSSR count). The van der Waals surface area contributed by atoms with Crippen LogP contribution in [-0.4, -0.2) is 17.9 Å². The Morgan fingerprint density at radius 2 is 2.05 bits per heavy atom. The lowest BCUT2D eigenvalue weighted by molar-refractivity contribution is -0.384. The number of nitro benzene ring substituents is 1. The van der Waals surface area contributed by atoms with Crippen LogP contribution in [0.3, 0.4) is 0 Å². The van der Waals surface area contributed by atoms with Gasteiger partial charge in [-0.25, -0.2) is 0 Å². The number of nitro groups is 1. The molecule has 0 fully saturated rings. The number of nitrogens with one attached hydrogen (secondary N) is 1. The second-order valence-electron chi connectivity index (χ2n) is 4.22. The average molecular weight is 433 g/mol. The van der Waals surface area contributed by atoms with Gasteiger partial charge in [0, 0.05) is 20.7 Å². The molecule has 0 atom stereocenters. The van der Waals surface area contributed by atoms with Crippen LogP contribution in [0.4, 0.5) is 11.4 Å². The summed E-state index contributed by atoms with van der Waals surface area (Å²) in [7, 11) is 1.48. The van der Waals surface area contributed by atoms with Crippen molar-refractivity contribution in [2.45, 2.75) is 0 Å². The van der Waals surface area contributed by atoms with Gasteiger partial charge in [0.05, 0.1) is 23.3 Å². The van der Waals surface area contributed by atoms with Crippen LogP contribution in [-0.2, 0) is 0 Å². The quantitative estimate of drug-likeness (QED) is 0.448. The first-order valence-electron chi connectivity index (χ1n) is 6.01. The van der Waals surface area contributed by atoms with E-state index in [1.54, 1.807) is 18.2 Å². The molecule has 0 heterocycles. The highest BCUT2D eigenvalue weighted by Crippen LogP contribution is 2.29. The maximum atomic E-state index is 12.3. The monoisotopic (exact) mass is 432 g/mol. The van der Waals surface area contributed by atoms with E-state index >= 15 is 0 Å². The van der Waals surface area contributed by atoms with Crippen molar-refractivity contribution in [2.24, 2.45) is 0 Å². The predicted molar refractivity (Wildman–Crippen MR) is 91.8 cm³/mol. The Morgan fingerprint density at radius 1 is 1.32 bits per heavy atom. The van der Waals surface area contributed by atoms with Gasteiger partial charge in [0.2, 0.25) is 0 Å². The number of rotatable bonds is 4. The third-order valence-electron chi connectivity index (χ3n) is 2.82. The minimum absolute atomic E-state index is 0.0683. The molecule has 2 aromatic carbocycles. The van der Waals surface area contributed by atoms with Crippen LogP contribution in [0, 0.1) is 13.7 Å². The molecule has 0 aromatic heterocycles. The Kier molecular flexibility index (Phi) is 5.19. The molecule has 1 N–H and O–H groups in total. The fourth-order valence-electron chi connectivity index (χ4n) is 1.77. The van der Waals surface area contributed by atoms with Crippen molar-refractivity contribution in [3.63, 3.8) is 0 Å². The van der Waals surface area contributed by atoms with Crippen LogP contribution in [0.15, 0.2) is 36.4 Å². The summed E-state index contributed by atoms with van der Waals surface area (Å²) in [5.41, 5.74) is 0.684. The average Bonchev–Trinajstić information content (AvgIpc) is 2.47. The van der Waals surface area contributed by atoms with Gasteiger partial charge in [-0.3, -0.25) is 14.9 Å². The molecule has 114 valence electrons. The van der Waals surface area contributed by atoms with E-state index in [1.807, 2.05) is 22.6 Å². The summed E-state index contributed by atoms with van der Waals surface area (Å²) in [4.78, 5) is 22.5. The number of ether oxygens (including phenoxy) is 1. The molecule has 1 amide bonds. The van der Waals surface area contributed by atoms with E-state index in [0.717, 1.165) is 0 Å². The normalized spacial score (nSPS) is 10.1. The van der Waals surface area contributed by atoms with Crippen molar-refractivity contribution in [2.75, 3.05) is 12.4 Å². The van der Waals surface area contributed by atoms with Gasteiger partial charge in [-0.2, -0.15) is 0 Å². The molecule has 0 saturated carbocycles. The van der Waals surface area contributed by atoms with Crippen LogP contribution in [0.2, 0.25) is 5.02 Å². The van der Waals surface area contributed by atoms with Gasteiger partial charge in [0.15, 0.2) is 0 Å². The summed E-state index contributed by atoms with van der Waals surface area (Å²) in [5, 5.41) is 13.9. The Hall–Kier alpha value is -1.87. The number of methoxy groups -OCH3 is 1. The van der Waals surface area contributed by atoms with Gasteiger partial charge >= 0.3 is 0 Å². The van der Waals surface area contributed by atoms with Gasteiger partial charge in [-0.15, -0.1) is 0 Å².